The molecule has 8 heteroatoms. The maximum Gasteiger partial charge on any atom is 0.416 e. The molecule has 0 unspecified atom stereocenters. The van der Waals surface area contributed by atoms with Gasteiger partial charge in [0.05, 0.1) is 19.2 Å². The van der Waals surface area contributed by atoms with Gasteiger partial charge in [0, 0.05) is 12.8 Å². The maximum atomic E-state index is 12.5. The van der Waals surface area contributed by atoms with Crippen LogP contribution in [0.25, 0.3) is 0 Å². The summed E-state index contributed by atoms with van der Waals surface area (Å²) in [5, 5.41) is 4.97. The summed E-state index contributed by atoms with van der Waals surface area (Å²) < 4.78 is 42.0. The third kappa shape index (κ3) is 3.63. The Morgan fingerprint density at radius 3 is 2.45 bits per heavy atom. The number of rotatable bonds is 3. The largest absolute Gasteiger partial charge is 0.464 e. The predicted octanol–water partition coefficient (Wildman–Crippen LogP) is 2.36. The summed E-state index contributed by atoms with van der Waals surface area (Å²) in [5.41, 5.74) is -0.162. The summed E-state index contributed by atoms with van der Waals surface area (Å²) in [6.45, 7) is -0.00252. The van der Waals surface area contributed by atoms with Crippen LogP contribution in [0.5, 0.6) is 0 Å². The highest BCUT2D eigenvalue weighted by molar-refractivity contribution is 6.37. The molecular weight excluding hydrogens is 301 g/mol. The van der Waals surface area contributed by atoms with E-state index in [-0.39, 0.29) is 31.0 Å². The molecule has 22 heavy (non-hydrogen) atoms. The van der Waals surface area contributed by atoms with Crippen LogP contribution in [0.15, 0.2) is 29.4 Å². The van der Waals surface area contributed by atoms with Gasteiger partial charge in [0.25, 0.3) is 0 Å². The minimum Gasteiger partial charge on any atom is -0.464 e. The number of alkyl halides is 3. The van der Waals surface area contributed by atoms with Crippen LogP contribution in [0, 0.1) is 0 Å². The van der Waals surface area contributed by atoms with E-state index < -0.39 is 17.7 Å². The summed E-state index contributed by atoms with van der Waals surface area (Å²) in [5.74, 6) is -0.919. The van der Waals surface area contributed by atoms with E-state index in [4.69, 9.17) is 0 Å². The maximum absolute atomic E-state index is 12.5. The highest BCUT2D eigenvalue weighted by atomic mass is 19.4. The first-order valence-electron chi connectivity index (χ1n) is 6.43. The molecule has 118 valence electrons. The number of amides is 1. The Morgan fingerprint density at radius 2 is 1.91 bits per heavy atom. The van der Waals surface area contributed by atoms with Crippen molar-refractivity contribution < 1.29 is 27.5 Å². The topological polar surface area (TPSA) is 59.0 Å². The number of hydrogen-bond donors (Lipinski definition) is 0. The van der Waals surface area contributed by atoms with Gasteiger partial charge in [-0.15, -0.1) is 0 Å². The van der Waals surface area contributed by atoms with E-state index in [1.54, 1.807) is 0 Å². The molecule has 0 aromatic heterocycles. The summed E-state index contributed by atoms with van der Waals surface area (Å²) >= 11 is 0. The zero-order chi connectivity index (χ0) is 16.3. The molecule has 0 bridgehead atoms. The smallest absolute Gasteiger partial charge is 0.416 e. The molecule has 0 atom stereocenters. The van der Waals surface area contributed by atoms with Crippen molar-refractivity contribution in [3.05, 3.63) is 35.4 Å². The second kappa shape index (κ2) is 6.17. The van der Waals surface area contributed by atoms with Gasteiger partial charge in [0.2, 0.25) is 5.91 Å². The van der Waals surface area contributed by atoms with Crippen molar-refractivity contribution in [3.63, 3.8) is 0 Å². The summed E-state index contributed by atoms with van der Waals surface area (Å²) in [7, 11) is 1.21. The van der Waals surface area contributed by atoms with Crippen LogP contribution in [-0.2, 0) is 27.0 Å². The molecule has 1 amide bonds. The lowest BCUT2D eigenvalue weighted by molar-refractivity contribution is -0.138. The number of nitrogens with zero attached hydrogens (tertiary/aromatic N) is 2. The Labute approximate surface area is 124 Å². The van der Waals surface area contributed by atoms with Crippen LogP contribution in [0.2, 0.25) is 0 Å². The molecule has 0 fully saturated rings. The van der Waals surface area contributed by atoms with Crippen molar-refractivity contribution in [1.29, 1.82) is 0 Å². The Bertz CT molecular complexity index is 609. The van der Waals surface area contributed by atoms with Crippen LogP contribution in [-0.4, -0.2) is 29.7 Å². The Balaban J connectivity index is 2.15. The van der Waals surface area contributed by atoms with Crippen molar-refractivity contribution in [3.8, 4) is 0 Å². The molecule has 1 aromatic carbocycles. The molecule has 1 aliphatic rings. The summed E-state index contributed by atoms with van der Waals surface area (Å²) in [4.78, 5) is 23.2. The average Bonchev–Trinajstić information content (AvgIpc) is 2.48. The Morgan fingerprint density at radius 1 is 1.27 bits per heavy atom. The summed E-state index contributed by atoms with van der Waals surface area (Å²) in [6, 6.07) is 4.43. The second-order valence-electron chi connectivity index (χ2n) is 4.68. The highest BCUT2D eigenvalue weighted by Gasteiger charge is 2.30. The lowest BCUT2D eigenvalue weighted by atomic mass is 10.1. The van der Waals surface area contributed by atoms with Crippen molar-refractivity contribution in [2.24, 2.45) is 5.10 Å². The SMILES string of the molecule is COC(=O)C1=NN(Cc2ccc(C(F)(F)F)cc2)C(=O)CC1. The van der Waals surface area contributed by atoms with Gasteiger partial charge in [-0.25, -0.2) is 9.80 Å². The molecule has 0 radical (unpaired) electrons. The zero-order valence-corrected chi connectivity index (χ0v) is 11.7. The van der Waals surface area contributed by atoms with Gasteiger partial charge in [-0.3, -0.25) is 4.79 Å². The van der Waals surface area contributed by atoms with Crippen LogP contribution in [0.3, 0.4) is 0 Å². The third-order valence-electron chi connectivity index (χ3n) is 3.14. The molecule has 0 aliphatic carbocycles. The van der Waals surface area contributed by atoms with Crippen LogP contribution >= 0.6 is 0 Å². The van der Waals surface area contributed by atoms with E-state index in [0.717, 1.165) is 17.1 Å². The van der Waals surface area contributed by atoms with Crippen molar-refractivity contribution >= 4 is 17.6 Å². The first-order chi connectivity index (χ1) is 10.3. The van der Waals surface area contributed by atoms with Crippen molar-refractivity contribution in [2.45, 2.75) is 25.6 Å². The standard InChI is InChI=1S/C14H13F3N2O3/c1-22-13(21)11-6-7-12(20)19(18-11)8-9-2-4-10(5-3-9)14(15,16)17/h2-5H,6-8H2,1H3. The monoisotopic (exact) mass is 314 g/mol. The lowest BCUT2D eigenvalue weighted by Crippen LogP contribution is -2.34. The van der Waals surface area contributed by atoms with Crippen LogP contribution < -0.4 is 0 Å². The molecule has 0 saturated heterocycles. The van der Waals surface area contributed by atoms with E-state index in [0.29, 0.717) is 5.56 Å². The quantitative estimate of drug-likeness (QED) is 0.805. The first-order valence-corrected chi connectivity index (χ1v) is 6.43. The van der Waals surface area contributed by atoms with Crippen molar-refractivity contribution in [1.82, 2.24) is 5.01 Å². The molecule has 0 N–H and O–H groups in total. The molecular formula is C14H13F3N2O3. The average molecular weight is 314 g/mol. The van der Waals surface area contributed by atoms with E-state index in [2.05, 4.69) is 9.84 Å². The Kier molecular flexibility index (Phi) is 4.48. The molecule has 0 spiro atoms. The number of ether oxygens (including phenoxy) is 1. The highest BCUT2D eigenvalue weighted by Crippen LogP contribution is 2.29. The zero-order valence-electron chi connectivity index (χ0n) is 11.7. The van der Waals surface area contributed by atoms with E-state index in [1.807, 2.05) is 0 Å². The van der Waals surface area contributed by atoms with Gasteiger partial charge >= 0.3 is 12.1 Å². The Hall–Kier alpha value is -2.38. The number of halogens is 3. The molecule has 1 heterocycles. The van der Waals surface area contributed by atoms with Gasteiger partial charge in [0.15, 0.2) is 0 Å². The predicted molar refractivity (Wildman–Crippen MR) is 70.7 cm³/mol. The second-order valence-corrected chi connectivity index (χ2v) is 4.68. The fourth-order valence-electron chi connectivity index (χ4n) is 1.96. The van der Waals surface area contributed by atoms with E-state index >= 15 is 0 Å². The van der Waals surface area contributed by atoms with E-state index in [1.165, 1.54) is 19.2 Å². The van der Waals surface area contributed by atoms with Crippen LogP contribution in [0.1, 0.15) is 24.0 Å². The number of hydrogen-bond acceptors (Lipinski definition) is 4. The molecule has 2 rings (SSSR count). The molecule has 1 aliphatic heterocycles. The number of hydrazone groups is 1. The fraction of sp³-hybridized carbons (Fsp3) is 0.357. The van der Waals surface area contributed by atoms with Gasteiger partial charge in [-0.05, 0) is 17.7 Å². The van der Waals surface area contributed by atoms with Gasteiger partial charge < -0.3 is 4.74 Å². The molecule has 1 aromatic rings. The molecule has 5 nitrogen and oxygen atoms in total. The normalized spacial score (nSPS) is 15.5. The van der Waals surface area contributed by atoms with Gasteiger partial charge in [-0.1, -0.05) is 12.1 Å². The van der Waals surface area contributed by atoms with E-state index in [9.17, 15) is 22.8 Å². The first kappa shape index (κ1) is 16.0. The van der Waals surface area contributed by atoms with Crippen molar-refractivity contribution in [2.75, 3.05) is 7.11 Å². The number of methoxy groups -OCH3 is 1. The third-order valence-corrected chi connectivity index (χ3v) is 3.14. The minimum absolute atomic E-state index is 0.00252. The fourth-order valence-corrected chi connectivity index (χ4v) is 1.96. The number of benzene rings is 1. The number of carbonyl (C=O) groups is 2. The van der Waals surface area contributed by atoms with Gasteiger partial charge in [0.1, 0.15) is 5.71 Å². The lowest BCUT2D eigenvalue weighted by Gasteiger charge is -2.22. The number of carbonyl (C=O) groups excluding carboxylic acids is 2. The molecule has 0 saturated carbocycles. The van der Waals surface area contributed by atoms with Crippen LogP contribution in [0.4, 0.5) is 13.2 Å². The summed E-state index contributed by atoms with van der Waals surface area (Å²) in [6.07, 6.45) is -4.11. The van der Waals surface area contributed by atoms with Gasteiger partial charge in [-0.2, -0.15) is 18.3 Å². The minimum atomic E-state index is -4.41. The number of esters is 1.